The van der Waals surface area contributed by atoms with Gasteiger partial charge in [-0.05, 0) is 66.9 Å². The molecule has 2 aliphatic heterocycles. The topological polar surface area (TPSA) is 60.6 Å². The number of hydrogen-bond donors (Lipinski definition) is 0. The molecule has 29 heavy (non-hydrogen) atoms. The van der Waals surface area contributed by atoms with E-state index in [-0.39, 0.29) is 5.92 Å². The molecule has 0 radical (unpaired) electrons. The number of thiol groups is 1. The van der Waals surface area contributed by atoms with Crippen LogP contribution in [0.2, 0.25) is 0 Å². The molecule has 0 bridgehead atoms. The van der Waals surface area contributed by atoms with Gasteiger partial charge in [-0.2, -0.15) is 4.98 Å². The van der Waals surface area contributed by atoms with Crippen LogP contribution < -0.4 is 9.64 Å². The summed E-state index contributed by atoms with van der Waals surface area (Å²) >= 11 is 1.29. The van der Waals surface area contributed by atoms with Gasteiger partial charge >= 0.3 is 0 Å². The largest absolute Gasteiger partial charge is 0.494 e. The Balaban J connectivity index is 1.19. The maximum absolute atomic E-state index is 5.95. The number of ether oxygens (including phenoxy) is 2. The highest BCUT2D eigenvalue weighted by Gasteiger charge is 2.28. The fourth-order valence-electron chi connectivity index (χ4n) is 4.21. The molecule has 0 amide bonds. The van der Waals surface area contributed by atoms with E-state index in [4.69, 9.17) is 14.0 Å². The third-order valence-electron chi connectivity index (χ3n) is 6.27. The molecular weight excluding hydrogens is 386 g/mol. The van der Waals surface area contributed by atoms with E-state index in [1.54, 1.807) is 0 Å². The minimum atomic E-state index is 0.270. The van der Waals surface area contributed by atoms with Gasteiger partial charge in [0, 0.05) is 31.5 Å². The van der Waals surface area contributed by atoms with Gasteiger partial charge in [-0.15, -0.1) is 0 Å². The van der Waals surface area contributed by atoms with E-state index >= 15 is 0 Å². The number of hydrogen-bond acceptors (Lipinski definition) is 6. The highest BCUT2D eigenvalue weighted by Crippen LogP contribution is 2.30. The lowest BCUT2D eigenvalue weighted by Crippen LogP contribution is -2.36. The Morgan fingerprint density at radius 2 is 2.00 bits per heavy atom. The molecule has 0 saturated carbocycles. The van der Waals surface area contributed by atoms with E-state index in [2.05, 4.69) is 52.5 Å². The van der Waals surface area contributed by atoms with Crippen LogP contribution in [-0.2, 0) is 16.5 Å². The summed E-state index contributed by atoms with van der Waals surface area (Å²) in [6.07, 6.45) is 6.55. The van der Waals surface area contributed by atoms with Gasteiger partial charge in [0.25, 0.3) is 5.95 Å². The van der Waals surface area contributed by atoms with Gasteiger partial charge in [-0.1, -0.05) is 6.92 Å². The fraction of sp³-hybridized carbons (Fsp3) is 0.636. The molecule has 2 fully saturated rings. The van der Waals surface area contributed by atoms with Crippen LogP contribution in [0.3, 0.4) is 0 Å². The predicted octanol–water partition coefficient (Wildman–Crippen LogP) is 3.70. The minimum absolute atomic E-state index is 0.270. The average molecular weight is 419 g/mol. The summed E-state index contributed by atoms with van der Waals surface area (Å²) < 4.78 is 16.9. The van der Waals surface area contributed by atoms with Gasteiger partial charge in [-0.3, -0.25) is 0 Å². The molecule has 7 heteroatoms. The number of aromatic nitrogens is 2. The van der Waals surface area contributed by atoms with Crippen LogP contribution in [0.15, 0.2) is 33.7 Å². The minimum Gasteiger partial charge on any atom is -0.494 e. The molecule has 3 heterocycles. The maximum Gasteiger partial charge on any atom is 0.266 e. The van der Waals surface area contributed by atoms with Gasteiger partial charge in [0.05, 0.1) is 19.1 Å². The van der Waals surface area contributed by atoms with Gasteiger partial charge in [0.1, 0.15) is 12.0 Å². The summed E-state index contributed by atoms with van der Waals surface area (Å²) in [4.78, 5) is 8.21. The molecule has 1 aromatic heterocycles. The Kier molecular flexibility index (Phi) is 6.98. The second-order valence-electron chi connectivity index (χ2n) is 8.15. The summed E-state index contributed by atoms with van der Waals surface area (Å²) in [6.45, 7) is 6.61. The first-order valence-corrected chi connectivity index (χ1v) is 12.1. The molecule has 0 spiro atoms. The van der Waals surface area contributed by atoms with E-state index < -0.39 is 0 Å². The van der Waals surface area contributed by atoms with Crippen molar-refractivity contribution in [2.24, 2.45) is 11.8 Å². The van der Waals surface area contributed by atoms with Crippen molar-refractivity contribution in [1.29, 1.82) is 0 Å². The number of anilines is 1. The maximum atomic E-state index is 5.95. The molecule has 0 N–H and O–H groups in total. The quantitative estimate of drug-likeness (QED) is 0.481. The molecule has 1 aromatic carbocycles. The van der Waals surface area contributed by atoms with E-state index in [1.807, 2.05) is 0 Å². The Hall–Kier alpha value is -1.73. The van der Waals surface area contributed by atoms with Crippen molar-refractivity contribution in [3.63, 3.8) is 0 Å². The lowest BCUT2D eigenvalue weighted by Gasteiger charge is -2.34. The first-order chi connectivity index (χ1) is 14.2. The smallest absolute Gasteiger partial charge is 0.266 e. The number of rotatable bonds is 8. The summed E-state index contributed by atoms with van der Waals surface area (Å²) in [5, 5.41) is 4.21. The molecule has 6 nitrogen and oxygen atoms in total. The van der Waals surface area contributed by atoms with Crippen molar-refractivity contribution in [2.45, 2.75) is 43.4 Å². The van der Waals surface area contributed by atoms with Gasteiger partial charge in [-0.25, -0.2) is 0 Å². The monoisotopic (exact) mass is 418 g/mol. The number of benzene rings is 1. The summed E-state index contributed by atoms with van der Waals surface area (Å²) in [5.41, 5.74) is 0. The first-order valence-electron chi connectivity index (χ1n) is 10.7. The van der Waals surface area contributed by atoms with Crippen molar-refractivity contribution < 1.29 is 14.0 Å². The van der Waals surface area contributed by atoms with E-state index in [9.17, 15) is 0 Å². The number of nitrogens with zero attached hydrogens (tertiary/aromatic N) is 3. The van der Waals surface area contributed by atoms with Crippen molar-refractivity contribution in [1.82, 2.24) is 10.1 Å². The first kappa shape index (κ1) is 20.5. The molecule has 0 aliphatic carbocycles. The normalized spacial score (nSPS) is 21.4. The number of piperidine rings is 1. The molecule has 2 aliphatic rings. The van der Waals surface area contributed by atoms with Crippen LogP contribution in [0.5, 0.6) is 5.75 Å². The molecule has 4 rings (SSSR count). The molecule has 2 aromatic rings. The third-order valence-corrected chi connectivity index (χ3v) is 7.09. The van der Waals surface area contributed by atoms with Crippen molar-refractivity contribution in [2.75, 3.05) is 44.1 Å². The summed E-state index contributed by atoms with van der Waals surface area (Å²) in [6, 6.07) is 8.43. The predicted molar refractivity (Wildman–Crippen MR) is 116 cm³/mol. The highest BCUT2D eigenvalue weighted by molar-refractivity contribution is 7.77. The standard InChI is InChI=1S/C22H31N3O3S/c1-16(9-14-27-19-3-5-20(29-2)6-4-19)17-7-11-25(12-8-17)22-23-21(28-24-22)18-10-13-26-15-18/h3-6,16-18H,7-15H2,1-2H3/p+1/t16-,18?/m1/s1. The van der Waals surface area contributed by atoms with Crippen LogP contribution in [0.25, 0.3) is 0 Å². The zero-order chi connectivity index (χ0) is 20.1. The molecule has 2 atom stereocenters. The zero-order valence-electron chi connectivity index (χ0n) is 17.4. The SMILES string of the molecule is C[SH+]c1ccc(OCC[C@@H](C)C2CCN(c3noc(C4CCOC4)n3)CC2)cc1. The van der Waals surface area contributed by atoms with Gasteiger partial charge in [0.15, 0.2) is 4.90 Å². The summed E-state index contributed by atoms with van der Waals surface area (Å²) in [7, 11) is 0. The highest BCUT2D eigenvalue weighted by atomic mass is 32.2. The Labute approximate surface area is 177 Å². The second-order valence-corrected chi connectivity index (χ2v) is 9.11. The lowest BCUT2D eigenvalue weighted by atomic mass is 9.84. The average Bonchev–Trinajstić information content (AvgIpc) is 3.46. The van der Waals surface area contributed by atoms with E-state index in [0.29, 0.717) is 12.5 Å². The Morgan fingerprint density at radius 1 is 1.21 bits per heavy atom. The van der Waals surface area contributed by atoms with Crippen LogP contribution >= 0.6 is 0 Å². The fourth-order valence-corrected chi connectivity index (χ4v) is 4.66. The van der Waals surface area contributed by atoms with Crippen molar-refractivity contribution in [3.05, 3.63) is 30.2 Å². The molecule has 2 saturated heterocycles. The Morgan fingerprint density at radius 3 is 2.69 bits per heavy atom. The molecule has 158 valence electrons. The van der Waals surface area contributed by atoms with Crippen LogP contribution in [0, 0.1) is 11.8 Å². The molecule has 1 unspecified atom stereocenters. The summed E-state index contributed by atoms with van der Waals surface area (Å²) in [5.74, 6) is 4.10. The third kappa shape index (κ3) is 5.25. The van der Waals surface area contributed by atoms with Crippen molar-refractivity contribution >= 4 is 17.7 Å². The Bertz CT molecular complexity index is 753. The van der Waals surface area contributed by atoms with Gasteiger partial charge in [0.2, 0.25) is 5.89 Å². The van der Waals surface area contributed by atoms with E-state index in [1.165, 1.54) is 29.5 Å². The van der Waals surface area contributed by atoms with Crippen molar-refractivity contribution in [3.8, 4) is 5.75 Å². The second kappa shape index (κ2) is 9.85. The van der Waals surface area contributed by atoms with Crippen LogP contribution in [0.4, 0.5) is 5.95 Å². The van der Waals surface area contributed by atoms with E-state index in [0.717, 1.165) is 62.7 Å². The lowest BCUT2D eigenvalue weighted by molar-refractivity contribution is 0.189. The van der Waals surface area contributed by atoms with Gasteiger partial charge < -0.3 is 18.9 Å². The zero-order valence-corrected chi connectivity index (χ0v) is 18.3. The molecular formula is C22H32N3O3S+. The van der Waals surface area contributed by atoms with Crippen LogP contribution in [0.1, 0.15) is 44.4 Å². The van der Waals surface area contributed by atoms with Crippen LogP contribution in [-0.4, -0.2) is 49.3 Å².